The van der Waals surface area contributed by atoms with Crippen molar-refractivity contribution in [2.75, 3.05) is 13.6 Å². The van der Waals surface area contributed by atoms with Gasteiger partial charge in [0.25, 0.3) is 0 Å². The number of likely N-dealkylation sites (N-methyl/N-ethyl adjacent to an activating group) is 1. The molecule has 4 fully saturated rings. The van der Waals surface area contributed by atoms with Crippen molar-refractivity contribution in [3.05, 3.63) is 0 Å². The fourth-order valence-corrected chi connectivity index (χ4v) is 7.08. The van der Waals surface area contributed by atoms with Crippen LogP contribution in [0.3, 0.4) is 0 Å². The van der Waals surface area contributed by atoms with E-state index in [4.69, 9.17) is 11.1 Å². The first-order chi connectivity index (χ1) is 13.1. The largest absolute Gasteiger partial charge is 0.387 e. The summed E-state index contributed by atoms with van der Waals surface area (Å²) in [5, 5.41) is 10.9. The fourth-order valence-electron chi connectivity index (χ4n) is 7.08. The van der Waals surface area contributed by atoms with Gasteiger partial charge >= 0.3 is 0 Å². The van der Waals surface area contributed by atoms with Crippen LogP contribution in [-0.4, -0.2) is 42.3 Å². The second-order valence-corrected chi connectivity index (χ2v) is 9.75. The summed E-state index contributed by atoms with van der Waals surface area (Å²) in [6.45, 7) is 1.09. The zero-order valence-electron chi connectivity index (χ0n) is 17.0. The lowest BCUT2D eigenvalue weighted by molar-refractivity contribution is -0.126. The van der Waals surface area contributed by atoms with Gasteiger partial charge in [-0.25, -0.2) is 0 Å². The average Bonchev–Trinajstić information content (AvgIpc) is 3.05. The SMILES string of the molecule is CNC(=O)C1CC2CCC(C(=N)N)CC2N1CC1CCCC2CCCCC21. The van der Waals surface area contributed by atoms with Crippen molar-refractivity contribution in [1.29, 1.82) is 5.41 Å². The number of nitrogens with two attached hydrogens (primary N) is 1. The molecule has 7 unspecified atom stereocenters. The van der Waals surface area contributed by atoms with Crippen LogP contribution in [0.1, 0.15) is 70.6 Å². The molecule has 3 aliphatic carbocycles. The van der Waals surface area contributed by atoms with Gasteiger partial charge in [-0.3, -0.25) is 15.1 Å². The van der Waals surface area contributed by atoms with Crippen molar-refractivity contribution >= 4 is 11.7 Å². The molecule has 27 heavy (non-hydrogen) atoms. The number of nitrogens with zero attached hydrogens (tertiary/aromatic N) is 1. The second-order valence-electron chi connectivity index (χ2n) is 9.75. The molecule has 0 aromatic rings. The van der Waals surface area contributed by atoms with Crippen LogP contribution in [0.5, 0.6) is 0 Å². The lowest BCUT2D eigenvalue weighted by Gasteiger charge is -2.45. The molecule has 3 saturated carbocycles. The Morgan fingerprint density at radius 2 is 1.81 bits per heavy atom. The normalized spacial score (nSPS) is 42.2. The van der Waals surface area contributed by atoms with Crippen LogP contribution in [0, 0.1) is 35.0 Å². The lowest BCUT2D eigenvalue weighted by atomic mass is 9.65. The Morgan fingerprint density at radius 1 is 1.04 bits per heavy atom. The molecule has 0 radical (unpaired) electrons. The zero-order chi connectivity index (χ0) is 19.0. The summed E-state index contributed by atoms with van der Waals surface area (Å²) in [5.74, 6) is 3.93. The number of amides is 1. The van der Waals surface area contributed by atoms with E-state index >= 15 is 0 Å². The summed E-state index contributed by atoms with van der Waals surface area (Å²) >= 11 is 0. The molecule has 1 saturated heterocycles. The highest BCUT2D eigenvalue weighted by Crippen LogP contribution is 2.47. The zero-order valence-corrected chi connectivity index (χ0v) is 17.0. The number of rotatable bonds is 4. The summed E-state index contributed by atoms with van der Waals surface area (Å²) < 4.78 is 0. The van der Waals surface area contributed by atoms with Crippen LogP contribution in [0.2, 0.25) is 0 Å². The van der Waals surface area contributed by atoms with E-state index in [2.05, 4.69) is 10.2 Å². The second kappa shape index (κ2) is 8.10. The van der Waals surface area contributed by atoms with E-state index in [1.54, 1.807) is 7.05 Å². The molecule has 1 aliphatic heterocycles. The minimum Gasteiger partial charge on any atom is -0.387 e. The molecule has 1 heterocycles. The molecule has 4 rings (SSSR count). The topological polar surface area (TPSA) is 82.2 Å². The van der Waals surface area contributed by atoms with Crippen LogP contribution in [0.15, 0.2) is 0 Å². The molecule has 5 heteroatoms. The molecule has 7 atom stereocenters. The van der Waals surface area contributed by atoms with Gasteiger partial charge in [0.15, 0.2) is 0 Å². The smallest absolute Gasteiger partial charge is 0.237 e. The van der Waals surface area contributed by atoms with Crippen molar-refractivity contribution in [3.63, 3.8) is 0 Å². The van der Waals surface area contributed by atoms with E-state index in [0.29, 0.717) is 17.8 Å². The minimum absolute atomic E-state index is 0.0275. The molecule has 0 aromatic carbocycles. The third-order valence-corrected chi connectivity index (χ3v) is 8.47. The van der Waals surface area contributed by atoms with Gasteiger partial charge in [0.2, 0.25) is 5.91 Å². The number of carbonyl (C=O) groups is 1. The van der Waals surface area contributed by atoms with Crippen molar-refractivity contribution < 1.29 is 4.79 Å². The third-order valence-electron chi connectivity index (χ3n) is 8.47. The number of fused-ring (bicyclic) bond motifs is 2. The standard InChI is InChI=1S/C22H38N4O/c1-25-22(27)20-11-15-9-10-16(21(23)24)12-19(15)26(20)13-17-7-4-6-14-5-2-3-8-18(14)17/h14-20H,2-13H2,1H3,(H3,23,24)(H,25,27). The third kappa shape index (κ3) is 3.76. The quantitative estimate of drug-likeness (QED) is 0.522. The molecular formula is C22H38N4O. The van der Waals surface area contributed by atoms with E-state index in [0.717, 1.165) is 50.0 Å². The molecule has 1 amide bonds. The van der Waals surface area contributed by atoms with E-state index in [-0.39, 0.29) is 17.9 Å². The van der Waals surface area contributed by atoms with Gasteiger partial charge in [0.05, 0.1) is 11.9 Å². The van der Waals surface area contributed by atoms with Gasteiger partial charge in [0.1, 0.15) is 0 Å². The highest BCUT2D eigenvalue weighted by molar-refractivity contribution is 5.82. The fraction of sp³-hybridized carbons (Fsp3) is 0.909. The number of hydrogen-bond donors (Lipinski definition) is 3. The number of likely N-dealkylation sites (tertiary alicyclic amines) is 1. The maximum absolute atomic E-state index is 12.7. The predicted octanol–water partition coefficient (Wildman–Crippen LogP) is 3.13. The summed E-state index contributed by atoms with van der Waals surface area (Å²) in [4.78, 5) is 15.3. The van der Waals surface area contributed by atoms with E-state index in [9.17, 15) is 4.79 Å². The molecule has 0 spiro atoms. The Labute approximate surface area is 164 Å². The predicted molar refractivity (Wildman–Crippen MR) is 108 cm³/mol. The van der Waals surface area contributed by atoms with Gasteiger partial charge in [-0.2, -0.15) is 0 Å². The molecule has 0 bridgehead atoms. The van der Waals surface area contributed by atoms with E-state index in [1.165, 1.54) is 44.9 Å². The molecule has 4 N–H and O–H groups in total. The summed E-state index contributed by atoms with van der Waals surface area (Å²) in [7, 11) is 1.78. The van der Waals surface area contributed by atoms with Crippen molar-refractivity contribution in [1.82, 2.24) is 10.2 Å². The molecule has 4 aliphatic rings. The van der Waals surface area contributed by atoms with Crippen molar-refractivity contribution in [2.45, 2.75) is 82.7 Å². The van der Waals surface area contributed by atoms with E-state index in [1.807, 2.05) is 0 Å². The maximum Gasteiger partial charge on any atom is 0.237 e. The summed E-state index contributed by atoms with van der Waals surface area (Å²) in [5.41, 5.74) is 5.87. The first-order valence-electron chi connectivity index (χ1n) is 11.4. The monoisotopic (exact) mass is 374 g/mol. The molecule has 0 aromatic heterocycles. The van der Waals surface area contributed by atoms with Gasteiger partial charge in [-0.05, 0) is 62.2 Å². The Morgan fingerprint density at radius 3 is 2.59 bits per heavy atom. The van der Waals surface area contributed by atoms with Crippen LogP contribution in [0.25, 0.3) is 0 Å². The highest BCUT2D eigenvalue weighted by Gasteiger charge is 2.48. The van der Waals surface area contributed by atoms with Crippen LogP contribution in [-0.2, 0) is 4.79 Å². The Hall–Kier alpha value is -1.10. The van der Waals surface area contributed by atoms with Gasteiger partial charge in [-0.1, -0.05) is 32.1 Å². The first-order valence-corrected chi connectivity index (χ1v) is 11.4. The molecule has 5 nitrogen and oxygen atoms in total. The Kier molecular flexibility index (Phi) is 5.77. The van der Waals surface area contributed by atoms with Crippen LogP contribution in [0.4, 0.5) is 0 Å². The van der Waals surface area contributed by atoms with Crippen molar-refractivity contribution in [3.8, 4) is 0 Å². The van der Waals surface area contributed by atoms with Crippen LogP contribution < -0.4 is 11.1 Å². The summed E-state index contributed by atoms with van der Waals surface area (Å²) in [6.07, 6.45) is 13.9. The average molecular weight is 375 g/mol. The Balaban J connectivity index is 1.52. The number of amidine groups is 1. The lowest BCUT2D eigenvalue weighted by Crippen LogP contribution is -2.50. The Bertz CT molecular complexity index is 563. The first kappa shape index (κ1) is 19.2. The van der Waals surface area contributed by atoms with E-state index < -0.39 is 0 Å². The van der Waals surface area contributed by atoms with Gasteiger partial charge in [0, 0.05) is 25.6 Å². The molecule has 152 valence electrons. The minimum atomic E-state index is 0.0275. The highest BCUT2D eigenvalue weighted by atomic mass is 16.2. The maximum atomic E-state index is 12.7. The summed E-state index contributed by atoms with van der Waals surface area (Å²) in [6, 6.07) is 0.471. The van der Waals surface area contributed by atoms with Gasteiger partial charge < -0.3 is 11.1 Å². The van der Waals surface area contributed by atoms with Crippen LogP contribution >= 0.6 is 0 Å². The number of hydrogen-bond acceptors (Lipinski definition) is 3. The molecular weight excluding hydrogens is 336 g/mol. The van der Waals surface area contributed by atoms with Gasteiger partial charge in [-0.15, -0.1) is 0 Å². The number of nitrogens with one attached hydrogen (secondary N) is 2. The number of carbonyl (C=O) groups excluding carboxylic acids is 1. The van der Waals surface area contributed by atoms with Crippen molar-refractivity contribution in [2.24, 2.45) is 35.3 Å².